The molecule has 0 radical (unpaired) electrons. The largest absolute Gasteiger partial charge is 0.444 e. The maximum absolute atomic E-state index is 12.5. The highest BCUT2D eigenvalue weighted by molar-refractivity contribution is 14.1. The molecule has 0 aliphatic rings. The van der Waals surface area contributed by atoms with Gasteiger partial charge in [0, 0.05) is 20.8 Å². The molecular formula is C19H19BrClIN4O2. The SMILES string of the molecule is CC(C)(C)OC(=O)NC(Cn1cc(I)c2c(Cl)ncnc21)c1ccccc1Br. The molecule has 6 nitrogen and oxygen atoms in total. The number of hydrogen-bond donors (Lipinski definition) is 1. The lowest BCUT2D eigenvalue weighted by Crippen LogP contribution is -2.36. The quantitative estimate of drug-likeness (QED) is 0.318. The molecule has 2 aromatic heterocycles. The van der Waals surface area contributed by atoms with Crippen molar-refractivity contribution >= 4 is 67.2 Å². The molecule has 0 bridgehead atoms. The average molecular weight is 578 g/mol. The van der Waals surface area contributed by atoms with Gasteiger partial charge in [0.25, 0.3) is 0 Å². The Labute approximate surface area is 190 Å². The Hall–Kier alpha value is -1.39. The van der Waals surface area contributed by atoms with Gasteiger partial charge in [-0.25, -0.2) is 14.8 Å². The number of ether oxygens (including phenoxy) is 1. The highest BCUT2D eigenvalue weighted by Gasteiger charge is 2.23. The summed E-state index contributed by atoms with van der Waals surface area (Å²) in [5, 5.41) is 4.18. The van der Waals surface area contributed by atoms with Crippen molar-refractivity contribution in [2.45, 2.75) is 39.0 Å². The second-order valence-electron chi connectivity index (χ2n) is 7.21. The van der Waals surface area contributed by atoms with Gasteiger partial charge in [-0.15, -0.1) is 0 Å². The number of hydrogen-bond acceptors (Lipinski definition) is 4. The summed E-state index contributed by atoms with van der Waals surface area (Å²) in [5.41, 5.74) is 1.07. The minimum atomic E-state index is -0.584. The first kappa shape index (κ1) is 21.3. The van der Waals surface area contributed by atoms with Crippen LogP contribution in [0.15, 0.2) is 41.3 Å². The average Bonchev–Trinajstić information content (AvgIpc) is 2.90. The van der Waals surface area contributed by atoms with E-state index in [1.54, 1.807) is 0 Å². The van der Waals surface area contributed by atoms with Crippen LogP contribution in [0.4, 0.5) is 4.79 Å². The van der Waals surface area contributed by atoms with Gasteiger partial charge >= 0.3 is 6.09 Å². The van der Waals surface area contributed by atoms with Crippen molar-refractivity contribution in [2.24, 2.45) is 0 Å². The molecule has 0 aliphatic heterocycles. The zero-order valence-corrected chi connectivity index (χ0v) is 20.0. The summed E-state index contributed by atoms with van der Waals surface area (Å²) in [4.78, 5) is 20.9. The summed E-state index contributed by atoms with van der Waals surface area (Å²) in [6.45, 7) is 5.96. The molecule has 28 heavy (non-hydrogen) atoms. The van der Waals surface area contributed by atoms with Gasteiger partial charge in [0.05, 0.1) is 11.4 Å². The number of aromatic nitrogens is 3. The molecule has 2 heterocycles. The van der Waals surface area contributed by atoms with Gasteiger partial charge in [0.2, 0.25) is 0 Å². The first-order valence-electron chi connectivity index (χ1n) is 8.54. The van der Waals surface area contributed by atoms with E-state index in [1.165, 1.54) is 6.33 Å². The van der Waals surface area contributed by atoms with Gasteiger partial charge in [-0.3, -0.25) is 0 Å². The summed E-state index contributed by atoms with van der Waals surface area (Å²) in [6.07, 6.45) is 2.91. The van der Waals surface area contributed by atoms with Crippen LogP contribution in [0.2, 0.25) is 5.15 Å². The van der Waals surface area contributed by atoms with Crippen molar-refractivity contribution in [1.82, 2.24) is 19.9 Å². The third-order valence-corrected chi connectivity index (χ3v) is 5.74. The molecule has 0 saturated carbocycles. The second-order valence-corrected chi connectivity index (χ2v) is 9.59. The van der Waals surface area contributed by atoms with Crippen molar-refractivity contribution < 1.29 is 9.53 Å². The summed E-state index contributed by atoms with van der Waals surface area (Å²) in [6, 6.07) is 7.42. The molecule has 0 saturated heterocycles. The molecule has 1 unspecified atom stereocenters. The number of nitrogens with zero attached hydrogens (tertiary/aromatic N) is 3. The van der Waals surface area contributed by atoms with E-state index in [4.69, 9.17) is 16.3 Å². The topological polar surface area (TPSA) is 69.0 Å². The minimum Gasteiger partial charge on any atom is -0.444 e. The molecule has 1 N–H and O–H groups in total. The van der Waals surface area contributed by atoms with Gasteiger partial charge < -0.3 is 14.6 Å². The molecule has 0 fully saturated rings. The molecule has 9 heteroatoms. The Morgan fingerprint density at radius 2 is 2.07 bits per heavy atom. The van der Waals surface area contributed by atoms with Crippen LogP contribution in [0, 0.1) is 3.57 Å². The number of carbonyl (C=O) groups excluding carboxylic acids is 1. The first-order valence-corrected chi connectivity index (χ1v) is 10.8. The Kier molecular flexibility index (Phi) is 6.51. The summed E-state index contributed by atoms with van der Waals surface area (Å²) < 4.78 is 9.26. The van der Waals surface area contributed by atoms with E-state index >= 15 is 0 Å². The van der Waals surface area contributed by atoms with Crippen LogP contribution in [0.3, 0.4) is 0 Å². The monoisotopic (exact) mass is 576 g/mol. The second kappa shape index (κ2) is 8.54. The summed E-state index contributed by atoms with van der Waals surface area (Å²) in [5.74, 6) is 0. The lowest BCUT2D eigenvalue weighted by molar-refractivity contribution is 0.0498. The highest BCUT2D eigenvalue weighted by Crippen LogP contribution is 2.30. The Morgan fingerprint density at radius 3 is 2.75 bits per heavy atom. The predicted molar refractivity (Wildman–Crippen MR) is 122 cm³/mol. The molecule has 1 aromatic carbocycles. The van der Waals surface area contributed by atoms with Crippen LogP contribution >= 0.6 is 50.1 Å². The van der Waals surface area contributed by atoms with Crippen LogP contribution in [-0.2, 0) is 11.3 Å². The number of alkyl carbamates (subject to hydrolysis) is 1. The Bertz CT molecular complexity index is 1020. The first-order chi connectivity index (χ1) is 13.2. The van der Waals surface area contributed by atoms with Gasteiger partial charge in [-0.2, -0.15) is 0 Å². The standard InChI is InChI=1S/C19H19BrClIN4O2/c1-19(2,3)28-18(27)25-14(11-6-4-5-7-12(11)20)9-26-8-13(22)15-16(21)23-10-24-17(15)26/h4-8,10,14H,9H2,1-3H3,(H,25,27). The molecule has 0 aliphatic carbocycles. The van der Waals surface area contributed by atoms with Gasteiger partial charge in [0.1, 0.15) is 22.7 Å². The maximum atomic E-state index is 12.5. The van der Waals surface area contributed by atoms with E-state index in [9.17, 15) is 4.79 Å². The number of rotatable bonds is 4. The van der Waals surface area contributed by atoms with E-state index in [1.807, 2.05) is 55.8 Å². The number of benzene rings is 1. The van der Waals surface area contributed by atoms with Crippen molar-refractivity contribution in [3.63, 3.8) is 0 Å². The van der Waals surface area contributed by atoms with Crippen molar-refractivity contribution in [1.29, 1.82) is 0 Å². The Morgan fingerprint density at radius 1 is 1.36 bits per heavy atom. The van der Waals surface area contributed by atoms with Crippen molar-refractivity contribution in [2.75, 3.05) is 0 Å². The van der Waals surface area contributed by atoms with Crippen molar-refractivity contribution in [3.8, 4) is 0 Å². The van der Waals surface area contributed by atoms with Crippen LogP contribution in [0.25, 0.3) is 11.0 Å². The number of fused-ring (bicyclic) bond motifs is 1. The third kappa shape index (κ3) is 4.96. The maximum Gasteiger partial charge on any atom is 0.408 e. The smallest absolute Gasteiger partial charge is 0.408 e. The molecule has 148 valence electrons. The summed E-state index contributed by atoms with van der Waals surface area (Å²) in [7, 11) is 0. The fraction of sp³-hybridized carbons (Fsp3) is 0.316. The molecule has 1 atom stereocenters. The molecule has 3 rings (SSSR count). The predicted octanol–water partition coefficient (Wildman–Crippen LogP) is 5.72. The molecule has 3 aromatic rings. The van der Waals surface area contributed by atoms with Gasteiger partial charge in [-0.05, 0) is 55.0 Å². The van der Waals surface area contributed by atoms with E-state index in [0.717, 1.165) is 19.0 Å². The third-order valence-electron chi connectivity index (χ3n) is 3.91. The molecular weight excluding hydrogens is 558 g/mol. The molecule has 1 amide bonds. The lowest BCUT2D eigenvalue weighted by atomic mass is 10.1. The Balaban J connectivity index is 1.97. The van der Waals surface area contributed by atoms with E-state index in [-0.39, 0.29) is 6.04 Å². The van der Waals surface area contributed by atoms with Crippen LogP contribution in [0.1, 0.15) is 32.4 Å². The zero-order valence-electron chi connectivity index (χ0n) is 15.5. The van der Waals surface area contributed by atoms with Crippen LogP contribution in [0.5, 0.6) is 0 Å². The normalized spacial score (nSPS) is 12.8. The number of amides is 1. The minimum absolute atomic E-state index is 0.342. The van der Waals surface area contributed by atoms with Gasteiger partial charge in [0.15, 0.2) is 0 Å². The molecule has 0 spiro atoms. The highest BCUT2D eigenvalue weighted by atomic mass is 127. The van der Waals surface area contributed by atoms with E-state index < -0.39 is 11.7 Å². The van der Waals surface area contributed by atoms with Crippen LogP contribution in [-0.4, -0.2) is 26.2 Å². The lowest BCUT2D eigenvalue weighted by Gasteiger charge is -2.25. The van der Waals surface area contributed by atoms with Crippen molar-refractivity contribution in [3.05, 3.63) is 55.5 Å². The van der Waals surface area contributed by atoms with E-state index in [2.05, 4.69) is 53.8 Å². The van der Waals surface area contributed by atoms with Gasteiger partial charge in [-0.1, -0.05) is 45.7 Å². The fourth-order valence-corrected chi connectivity index (χ4v) is 4.59. The number of nitrogens with one attached hydrogen (secondary N) is 1. The van der Waals surface area contributed by atoms with E-state index in [0.29, 0.717) is 17.3 Å². The number of halogens is 3. The summed E-state index contributed by atoms with van der Waals surface area (Å²) >= 11 is 12.0. The zero-order chi connectivity index (χ0) is 20.5. The van der Waals surface area contributed by atoms with Crippen LogP contribution < -0.4 is 5.32 Å². The fourth-order valence-electron chi connectivity index (χ4n) is 2.81. The number of carbonyl (C=O) groups is 1.